The SMILES string of the molecule is CCCCCCCCCC(O)c1ccc(S(C)(=O)=O)cc1. The van der Waals surface area contributed by atoms with E-state index in [9.17, 15) is 13.5 Å². The van der Waals surface area contributed by atoms with Crippen molar-refractivity contribution in [3.8, 4) is 0 Å². The van der Waals surface area contributed by atoms with Crippen molar-refractivity contribution in [3.05, 3.63) is 29.8 Å². The van der Waals surface area contributed by atoms with Gasteiger partial charge in [0.25, 0.3) is 0 Å². The Morgan fingerprint density at radius 2 is 1.48 bits per heavy atom. The predicted molar refractivity (Wildman–Crippen MR) is 87.1 cm³/mol. The van der Waals surface area contributed by atoms with Gasteiger partial charge in [0.1, 0.15) is 0 Å². The number of hydrogen-bond donors (Lipinski definition) is 1. The largest absolute Gasteiger partial charge is 0.388 e. The van der Waals surface area contributed by atoms with Crippen LogP contribution in [0.25, 0.3) is 0 Å². The van der Waals surface area contributed by atoms with Gasteiger partial charge in [0.15, 0.2) is 9.84 Å². The van der Waals surface area contributed by atoms with Gasteiger partial charge in [-0.2, -0.15) is 0 Å². The molecule has 0 radical (unpaired) electrons. The summed E-state index contributed by atoms with van der Waals surface area (Å²) >= 11 is 0. The van der Waals surface area contributed by atoms with Crippen molar-refractivity contribution < 1.29 is 13.5 Å². The number of aliphatic hydroxyl groups is 1. The zero-order chi connectivity index (χ0) is 15.7. The van der Waals surface area contributed by atoms with Gasteiger partial charge in [-0.1, -0.05) is 64.0 Å². The summed E-state index contributed by atoms with van der Waals surface area (Å²) in [6, 6.07) is 6.56. The average Bonchev–Trinajstić information content (AvgIpc) is 2.45. The van der Waals surface area contributed by atoms with Crippen molar-refractivity contribution >= 4 is 9.84 Å². The highest BCUT2D eigenvalue weighted by atomic mass is 32.2. The molecule has 0 aliphatic rings. The van der Waals surface area contributed by atoms with Crippen LogP contribution < -0.4 is 0 Å². The standard InChI is InChI=1S/C17H28O3S/c1-3-4-5-6-7-8-9-10-17(18)15-11-13-16(14-12-15)21(2,19)20/h11-14,17-18H,3-10H2,1-2H3. The molecule has 0 heterocycles. The first-order valence-corrected chi connectivity index (χ1v) is 9.82. The lowest BCUT2D eigenvalue weighted by Gasteiger charge is -2.11. The molecule has 3 nitrogen and oxygen atoms in total. The second-order valence-electron chi connectivity index (χ2n) is 5.77. The second-order valence-corrected chi connectivity index (χ2v) is 7.78. The van der Waals surface area contributed by atoms with Crippen molar-refractivity contribution in [1.82, 2.24) is 0 Å². The maximum atomic E-state index is 11.4. The summed E-state index contributed by atoms with van der Waals surface area (Å²) in [5.74, 6) is 0. The first-order chi connectivity index (χ1) is 9.95. The van der Waals surface area contributed by atoms with Crippen LogP contribution in [0.2, 0.25) is 0 Å². The smallest absolute Gasteiger partial charge is 0.175 e. The van der Waals surface area contributed by atoms with E-state index in [1.54, 1.807) is 24.3 Å². The molecule has 1 unspecified atom stereocenters. The highest BCUT2D eigenvalue weighted by molar-refractivity contribution is 7.90. The van der Waals surface area contributed by atoms with Crippen LogP contribution in [0, 0.1) is 0 Å². The fraction of sp³-hybridized carbons (Fsp3) is 0.647. The Bertz CT molecular complexity index is 491. The lowest BCUT2D eigenvalue weighted by Crippen LogP contribution is -2.00. The van der Waals surface area contributed by atoms with E-state index in [0.29, 0.717) is 4.90 Å². The van der Waals surface area contributed by atoms with Crippen molar-refractivity contribution in [2.75, 3.05) is 6.26 Å². The van der Waals surface area contributed by atoms with Gasteiger partial charge >= 0.3 is 0 Å². The molecule has 21 heavy (non-hydrogen) atoms. The highest BCUT2D eigenvalue weighted by Gasteiger charge is 2.10. The number of rotatable bonds is 10. The van der Waals surface area contributed by atoms with Crippen LogP contribution in [0.15, 0.2) is 29.2 Å². The molecule has 1 aromatic carbocycles. The first-order valence-electron chi connectivity index (χ1n) is 7.93. The third kappa shape index (κ3) is 7.09. The highest BCUT2D eigenvalue weighted by Crippen LogP contribution is 2.22. The van der Waals surface area contributed by atoms with Gasteiger partial charge in [0, 0.05) is 6.26 Å². The molecule has 0 aliphatic heterocycles. The van der Waals surface area contributed by atoms with Crippen LogP contribution in [-0.4, -0.2) is 19.8 Å². The molecule has 0 saturated heterocycles. The molecule has 0 saturated carbocycles. The lowest BCUT2D eigenvalue weighted by atomic mass is 10.0. The van der Waals surface area contributed by atoms with Gasteiger partial charge in [0.2, 0.25) is 0 Å². The maximum absolute atomic E-state index is 11.4. The molecule has 0 bridgehead atoms. The van der Waals surface area contributed by atoms with Gasteiger partial charge in [-0.3, -0.25) is 0 Å². The van der Waals surface area contributed by atoms with Crippen molar-refractivity contribution in [2.24, 2.45) is 0 Å². The number of benzene rings is 1. The van der Waals surface area contributed by atoms with Gasteiger partial charge < -0.3 is 5.11 Å². The number of aliphatic hydroxyl groups excluding tert-OH is 1. The lowest BCUT2D eigenvalue weighted by molar-refractivity contribution is 0.163. The van der Waals surface area contributed by atoms with Crippen molar-refractivity contribution in [2.45, 2.75) is 69.3 Å². The van der Waals surface area contributed by atoms with Crippen LogP contribution in [-0.2, 0) is 9.84 Å². The zero-order valence-electron chi connectivity index (χ0n) is 13.2. The summed E-state index contributed by atoms with van der Waals surface area (Å²) < 4.78 is 22.7. The molecule has 4 heteroatoms. The minimum atomic E-state index is -3.16. The van der Waals surface area contributed by atoms with Crippen LogP contribution in [0.3, 0.4) is 0 Å². The zero-order valence-corrected chi connectivity index (χ0v) is 14.0. The van der Waals surface area contributed by atoms with Gasteiger partial charge in [-0.15, -0.1) is 0 Å². The van der Waals surface area contributed by atoms with E-state index in [1.807, 2.05) is 0 Å². The van der Waals surface area contributed by atoms with E-state index in [4.69, 9.17) is 0 Å². The summed E-state index contributed by atoms with van der Waals surface area (Å²) in [7, 11) is -3.16. The quantitative estimate of drug-likeness (QED) is 0.657. The van der Waals surface area contributed by atoms with E-state index in [0.717, 1.165) is 24.8 Å². The summed E-state index contributed by atoms with van der Waals surface area (Å²) in [6.45, 7) is 2.21. The van der Waals surface area contributed by atoms with Crippen molar-refractivity contribution in [3.63, 3.8) is 0 Å². The number of hydrogen-bond acceptors (Lipinski definition) is 3. The van der Waals surface area contributed by atoms with Crippen LogP contribution in [0.1, 0.15) is 70.0 Å². The Morgan fingerprint density at radius 3 is 2.00 bits per heavy atom. The summed E-state index contributed by atoms with van der Waals surface area (Å²) in [5, 5.41) is 10.1. The Morgan fingerprint density at radius 1 is 0.952 bits per heavy atom. The maximum Gasteiger partial charge on any atom is 0.175 e. The second kappa shape index (κ2) is 9.21. The first kappa shape index (κ1) is 18.2. The minimum Gasteiger partial charge on any atom is -0.388 e. The molecule has 1 aromatic rings. The average molecular weight is 312 g/mol. The van der Waals surface area contributed by atoms with Gasteiger partial charge in [-0.05, 0) is 24.1 Å². The molecule has 120 valence electrons. The van der Waals surface area contributed by atoms with Crippen LogP contribution >= 0.6 is 0 Å². The number of sulfone groups is 1. The fourth-order valence-electron chi connectivity index (χ4n) is 2.40. The minimum absolute atomic E-state index is 0.300. The summed E-state index contributed by atoms with van der Waals surface area (Å²) in [4.78, 5) is 0.300. The van der Waals surface area contributed by atoms with Crippen LogP contribution in [0.4, 0.5) is 0 Å². The molecular formula is C17H28O3S. The van der Waals surface area contributed by atoms with E-state index in [-0.39, 0.29) is 0 Å². The molecule has 1 N–H and O–H groups in total. The molecule has 0 aliphatic carbocycles. The predicted octanol–water partition coefficient (Wildman–Crippen LogP) is 4.26. The van der Waals surface area contributed by atoms with E-state index >= 15 is 0 Å². The van der Waals surface area contributed by atoms with Gasteiger partial charge in [0.05, 0.1) is 11.0 Å². The normalized spacial score (nSPS) is 13.3. The topological polar surface area (TPSA) is 54.4 Å². The van der Waals surface area contributed by atoms with Crippen molar-refractivity contribution in [1.29, 1.82) is 0 Å². The fourth-order valence-corrected chi connectivity index (χ4v) is 3.03. The summed E-state index contributed by atoms with van der Waals surface area (Å²) in [6.07, 6.45) is 10.0. The molecule has 0 spiro atoms. The Balaban J connectivity index is 2.31. The Kier molecular flexibility index (Phi) is 7.97. The molecule has 0 amide bonds. The monoisotopic (exact) mass is 312 g/mol. The number of unbranched alkanes of at least 4 members (excludes halogenated alkanes) is 6. The molecule has 1 atom stereocenters. The Hall–Kier alpha value is -0.870. The van der Waals surface area contributed by atoms with E-state index in [2.05, 4.69) is 6.92 Å². The Labute approximate surface area is 129 Å². The van der Waals surface area contributed by atoms with Gasteiger partial charge in [-0.25, -0.2) is 8.42 Å². The third-order valence-electron chi connectivity index (χ3n) is 3.77. The summed E-state index contributed by atoms with van der Waals surface area (Å²) in [5.41, 5.74) is 0.799. The molecular weight excluding hydrogens is 284 g/mol. The van der Waals surface area contributed by atoms with E-state index in [1.165, 1.54) is 38.4 Å². The van der Waals surface area contributed by atoms with Crippen LogP contribution in [0.5, 0.6) is 0 Å². The van der Waals surface area contributed by atoms with E-state index < -0.39 is 15.9 Å². The molecule has 0 fully saturated rings. The third-order valence-corrected chi connectivity index (χ3v) is 4.90. The molecule has 1 rings (SSSR count). The molecule has 0 aromatic heterocycles.